The number of halogens is 1. The molecule has 2 aromatic carbocycles. The topological polar surface area (TPSA) is 87.7 Å². The maximum atomic E-state index is 13.4. The van der Waals surface area contributed by atoms with Crippen LogP contribution in [0.1, 0.15) is 29.2 Å². The fourth-order valence-corrected chi connectivity index (χ4v) is 4.05. The van der Waals surface area contributed by atoms with Gasteiger partial charge in [-0.3, -0.25) is 14.4 Å². The van der Waals surface area contributed by atoms with Crippen LogP contribution in [-0.2, 0) is 32.0 Å². The summed E-state index contributed by atoms with van der Waals surface area (Å²) in [5, 5.41) is 5.13. The molecule has 30 heavy (non-hydrogen) atoms. The smallest absolute Gasteiger partial charge is 0.313 e. The molecule has 0 bridgehead atoms. The Balaban J connectivity index is 1.40. The van der Waals surface area contributed by atoms with E-state index in [-0.39, 0.29) is 12.5 Å². The summed E-state index contributed by atoms with van der Waals surface area (Å²) in [5.74, 6) is -1.97. The van der Waals surface area contributed by atoms with Crippen molar-refractivity contribution in [1.82, 2.24) is 5.32 Å². The zero-order valence-electron chi connectivity index (χ0n) is 16.5. The number of benzene rings is 2. The predicted molar refractivity (Wildman–Crippen MR) is 109 cm³/mol. The lowest BCUT2D eigenvalue weighted by Gasteiger charge is -2.26. The molecular formula is C22H22FN3O4. The molecule has 0 aliphatic carbocycles. The lowest BCUT2D eigenvalue weighted by atomic mass is 9.99. The van der Waals surface area contributed by atoms with Crippen molar-refractivity contribution in [3.8, 4) is 0 Å². The van der Waals surface area contributed by atoms with Gasteiger partial charge in [0, 0.05) is 25.9 Å². The Kier molecular flexibility index (Phi) is 5.50. The number of hydrogen-bond donors (Lipinski definition) is 2. The number of aryl methyl sites for hydroxylation is 1. The molecule has 4 rings (SSSR count). The molecule has 0 aromatic heterocycles. The zero-order valence-corrected chi connectivity index (χ0v) is 16.5. The normalized spacial score (nSPS) is 15.5. The van der Waals surface area contributed by atoms with Crippen LogP contribution in [-0.4, -0.2) is 37.9 Å². The van der Waals surface area contributed by atoms with Gasteiger partial charge in [-0.25, -0.2) is 4.39 Å². The number of anilines is 2. The number of methoxy groups -OCH3 is 1. The van der Waals surface area contributed by atoms with Crippen LogP contribution in [0.2, 0.25) is 0 Å². The van der Waals surface area contributed by atoms with Crippen molar-refractivity contribution in [3.05, 3.63) is 58.9 Å². The van der Waals surface area contributed by atoms with Gasteiger partial charge >= 0.3 is 11.8 Å². The van der Waals surface area contributed by atoms with Crippen LogP contribution < -0.4 is 15.5 Å². The Labute approximate surface area is 173 Å². The van der Waals surface area contributed by atoms with E-state index >= 15 is 0 Å². The highest BCUT2D eigenvalue weighted by molar-refractivity contribution is 6.39. The third-order valence-corrected chi connectivity index (χ3v) is 5.43. The average molecular weight is 411 g/mol. The second-order valence-electron chi connectivity index (χ2n) is 7.41. The summed E-state index contributed by atoms with van der Waals surface area (Å²) in [5.41, 5.74) is 3.88. The van der Waals surface area contributed by atoms with E-state index in [2.05, 4.69) is 10.6 Å². The van der Waals surface area contributed by atoms with Crippen molar-refractivity contribution < 1.29 is 23.5 Å². The van der Waals surface area contributed by atoms with Crippen LogP contribution >= 0.6 is 0 Å². The van der Waals surface area contributed by atoms with Crippen molar-refractivity contribution in [2.45, 2.75) is 25.4 Å². The Morgan fingerprint density at radius 3 is 2.77 bits per heavy atom. The van der Waals surface area contributed by atoms with Crippen LogP contribution in [0.3, 0.4) is 0 Å². The molecular weight excluding hydrogens is 389 g/mol. The van der Waals surface area contributed by atoms with Gasteiger partial charge in [-0.2, -0.15) is 0 Å². The van der Waals surface area contributed by atoms with E-state index in [9.17, 15) is 18.8 Å². The van der Waals surface area contributed by atoms with Gasteiger partial charge < -0.3 is 20.3 Å². The number of ether oxygens (including phenoxy) is 1. The van der Waals surface area contributed by atoms with Gasteiger partial charge in [0.25, 0.3) is 0 Å². The van der Waals surface area contributed by atoms with E-state index < -0.39 is 23.7 Å². The van der Waals surface area contributed by atoms with Gasteiger partial charge in [-0.1, -0.05) is 12.1 Å². The summed E-state index contributed by atoms with van der Waals surface area (Å²) in [7, 11) is 1.45. The fourth-order valence-electron chi connectivity index (χ4n) is 4.05. The van der Waals surface area contributed by atoms with E-state index in [0.717, 1.165) is 36.2 Å². The highest BCUT2D eigenvalue weighted by Crippen LogP contribution is 2.38. The minimum absolute atomic E-state index is 0.0190. The Morgan fingerprint density at radius 2 is 2.00 bits per heavy atom. The van der Waals surface area contributed by atoms with Crippen molar-refractivity contribution in [3.63, 3.8) is 0 Å². The Hall–Kier alpha value is -3.26. The van der Waals surface area contributed by atoms with Crippen molar-refractivity contribution in [2.24, 2.45) is 0 Å². The van der Waals surface area contributed by atoms with Crippen LogP contribution in [0.4, 0.5) is 15.8 Å². The Morgan fingerprint density at radius 1 is 1.20 bits per heavy atom. The van der Waals surface area contributed by atoms with Gasteiger partial charge in [-0.15, -0.1) is 0 Å². The minimum Gasteiger partial charge on any atom is -0.375 e. The predicted octanol–water partition coefficient (Wildman–Crippen LogP) is 2.10. The third-order valence-electron chi connectivity index (χ3n) is 5.43. The molecule has 1 atom stereocenters. The highest BCUT2D eigenvalue weighted by atomic mass is 19.1. The largest absolute Gasteiger partial charge is 0.375 e. The van der Waals surface area contributed by atoms with Crippen LogP contribution in [0.5, 0.6) is 0 Å². The summed E-state index contributed by atoms with van der Waals surface area (Å²) in [4.78, 5) is 38.5. The van der Waals surface area contributed by atoms with Gasteiger partial charge in [0.1, 0.15) is 5.82 Å². The first kappa shape index (κ1) is 20.0. The molecule has 2 aromatic rings. The van der Waals surface area contributed by atoms with Crippen LogP contribution in [0.25, 0.3) is 0 Å². The summed E-state index contributed by atoms with van der Waals surface area (Å²) < 4.78 is 18.7. The molecule has 156 valence electrons. The number of carbonyl (C=O) groups excluding carboxylic acids is 3. The van der Waals surface area contributed by atoms with E-state index in [4.69, 9.17) is 4.74 Å². The molecule has 0 saturated carbocycles. The van der Waals surface area contributed by atoms with Gasteiger partial charge in [0.15, 0.2) is 0 Å². The summed E-state index contributed by atoms with van der Waals surface area (Å²) in [6.45, 7) is 0.740. The summed E-state index contributed by atoms with van der Waals surface area (Å²) >= 11 is 0. The molecule has 2 heterocycles. The minimum atomic E-state index is -0.819. The van der Waals surface area contributed by atoms with E-state index in [0.29, 0.717) is 17.7 Å². The van der Waals surface area contributed by atoms with E-state index in [1.807, 2.05) is 6.07 Å². The van der Waals surface area contributed by atoms with Crippen molar-refractivity contribution in [2.75, 3.05) is 30.4 Å². The molecule has 0 spiro atoms. The molecule has 0 fully saturated rings. The Bertz CT molecular complexity index is 1020. The number of carbonyl (C=O) groups is 3. The lowest BCUT2D eigenvalue weighted by Crippen LogP contribution is -2.38. The molecule has 2 aliphatic heterocycles. The first-order valence-corrected chi connectivity index (χ1v) is 9.80. The number of rotatable bonds is 5. The first-order valence-electron chi connectivity index (χ1n) is 9.80. The van der Waals surface area contributed by atoms with Crippen LogP contribution in [0.15, 0.2) is 36.4 Å². The van der Waals surface area contributed by atoms with Gasteiger partial charge in [-0.05, 0) is 53.8 Å². The second kappa shape index (κ2) is 8.23. The molecule has 3 amide bonds. The van der Waals surface area contributed by atoms with Gasteiger partial charge in [0.2, 0.25) is 5.91 Å². The quantitative estimate of drug-likeness (QED) is 0.738. The fraction of sp³-hybridized carbons (Fsp3) is 0.318. The number of hydrogen-bond acceptors (Lipinski definition) is 4. The molecule has 1 unspecified atom stereocenters. The van der Waals surface area contributed by atoms with Crippen LogP contribution in [0, 0.1) is 5.82 Å². The number of nitrogens with zero attached hydrogens (tertiary/aromatic N) is 1. The highest BCUT2D eigenvalue weighted by Gasteiger charge is 2.32. The molecule has 0 radical (unpaired) electrons. The van der Waals surface area contributed by atoms with Gasteiger partial charge in [0.05, 0.1) is 18.2 Å². The standard InChI is InChI=1S/C22H22FN3O4/c1-30-18(13-4-2-6-16(23)8-13)12-24-21(28)22(29)25-17-9-14-5-3-7-26-19(27)11-15(10-17)20(14)26/h2,4,6,8-10,18H,3,5,7,11-12H2,1H3,(H,24,28)(H,25,29). The average Bonchev–Trinajstić information content (AvgIpc) is 3.05. The van der Waals surface area contributed by atoms with E-state index in [1.165, 1.54) is 19.2 Å². The number of amides is 3. The lowest BCUT2D eigenvalue weighted by molar-refractivity contribution is -0.136. The SMILES string of the molecule is COC(CNC(=O)C(=O)Nc1cc2c3c(c1)CC(=O)N3CCC2)c1cccc(F)c1. The maximum absolute atomic E-state index is 13.4. The molecule has 2 N–H and O–H groups in total. The number of nitrogens with one attached hydrogen (secondary N) is 2. The second-order valence-corrected chi connectivity index (χ2v) is 7.41. The maximum Gasteiger partial charge on any atom is 0.313 e. The summed E-state index contributed by atoms with van der Waals surface area (Å²) in [6, 6.07) is 9.44. The monoisotopic (exact) mass is 411 g/mol. The van der Waals surface area contributed by atoms with Crippen molar-refractivity contribution in [1.29, 1.82) is 0 Å². The zero-order chi connectivity index (χ0) is 21.3. The van der Waals surface area contributed by atoms with E-state index in [1.54, 1.807) is 23.1 Å². The first-order chi connectivity index (χ1) is 14.5. The van der Waals surface area contributed by atoms with Crippen molar-refractivity contribution >= 4 is 29.1 Å². The third kappa shape index (κ3) is 3.91. The molecule has 7 nitrogen and oxygen atoms in total. The molecule has 0 saturated heterocycles. The molecule has 2 aliphatic rings. The molecule has 8 heteroatoms. The summed E-state index contributed by atoms with van der Waals surface area (Å²) in [6.07, 6.45) is 1.42.